The Morgan fingerprint density at radius 1 is 1.08 bits per heavy atom. The molecule has 1 aromatic heterocycles. The maximum Gasteiger partial charge on any atom is 0.269 e. The molecular formula is C19H18N4O3. The van der Waals surface area contributed by atoms with E-state index in [4.69, 9.17) is 5.73 Å². The maximum absolute atomic E-state index is 12.0. The summed E-state index contributed by atoms with van der Waals surface area (Å²) in [4.78, 5) is 30.4. The van der Waals surface area contributed by atoms with Crippen LogP contribution in [0.5, 0.6) is 0 Å². The lowest BCUT2D eigenvalue weighted by molar-refractivity contribution is -0.133. The van der Waals surface area contributed by atoms with Gasteiger partial charge in [0.2, 0.25) is 0 Å². The van der Waals surface area contributed by atoms with Gasteiger partial charge in [-0.2, -0.15) is 0 Å². The van der Waals surface area contributed by atoms with Gasteiger partial charge in [-0.25, -0.2) is 4.98 Å². The fourth-order valence-corrected chi connectivity index (χ4v) is 2.65. The maximum atomic E-state index is 12.0. The Hall–Kier alpha value is -3.45. The van der Waals surface area contributed by atoms with Gasteiger partial charge >= 0.3 is 0 Å². The average molecular weight is 350 g/mol. The number of hydrogen-bond donors (Lipinski definition) is 4. The van der Waals surface area contributed by atoms with Crippen molar-refractivity contribution in [3.05, 3.63) is 89.5 Å². The molecule has 0 bridgehead atoms. The van der Waals surface area contributed by atoms with Gasteiger partial charge in [0.15, 0.2) is 5.60 Å². The van der Waals surface area contributed by atoms with E-state index in [1.54, 1.807) is 54.6 Å². The van der Waals surface area contributed by atoms with Crippen LogP contribution >= 0.6 is 0 Å². The minimum Gasteiger partial charge on any atom is -0.372 e. The highest BCUT2D eigenvalue weighted by Crippen LogP contribution is 2.29. The molecule has 0 aliphatic rings. The normalized spacial score (nSPS) is 13.0. The summed E-state index contributed by atoms with van der Waals surface area (Å²) in [6.45, 7) is 0.290. The molecule has 0 fully saturated rings. The number of rotatable bonds is 6. The third-order valence-corrected chi connectivity index (χ3v) is 4.12. The van der Waals surface area contributed by atoms with Crippen LogP contribution in [0.25, 0.3) is 0 Å². The number of nitrogens with zero attached hydrogens (tertiary/aromatic N) is 1. The Labute approximate surface area is 149 Å². The molecule has 2 aromatic carbocycles. The first kappa shape index (κ1) is 17.4. The van der Waals surface area contributed by atoms with Crippen molar-refractivity contribution >= 4 is 11.8 Å². The third kappa shape index (κ3) is 3.33. The molecular weight excluding hydrogens is 332 g/mol. The van der Waals surface area contributed by atoms with Crippen molar-refractivity contribution in [2.45, 2.75) is 12.1 Å². The standard InChI is InChI=1S/C19H18N4O3/c20-18(25)19(26,14-4-2-1-3-5-14)15-8-6-13(7-9-15)10-22-17(24)16-11-21-12-23-16/h1-9,11-12,26H,10H2,(H2,20,25)(H,21,23)(H,22,24). The fraction of sp³-hybridized carbons (Fsp3) is 0.105. The van der Waals surface area contributed by atoms with Gasteiger partial charge in [0.05, 0.1) is 12.5 Å². The molecule has 3 aromatic rings. The van der Waals surface area contributed by atoms with Crippen LogP contribution < -0.4 is 11.1 Å². The summed E-state index contributed by atoms with van der Waals surface area (Å²) < 4.78 is 0. The predicted molar refractivity (Wildman–Crippen MR) is 94.8 cm³/mol. The summed E-state index contributed by atoms with van der Waals surface area (Å²) in [5, 5.41) is 13.7. The number of aliphatic hydroxyl groups is 1. The van der Waals surface area contributed by atoms with Crippen LogP contribution in [0.3, 0.4) is 0 Å². The van der Waals surface area contributed by atoms with E-state index in [-0.39, 0.29) is 5.91 Å². The molecule has 1 atom stereocenters. The number of hydrogen-bond acceptors (Lipinski definition) is 4. The van der Waals surface area contributed by atoms with Gasteiger partial charge in [0.25, 0.3) is 11.8 Å². The highest BCUT2D eigenvalue weighted by molar-refractivity contribution is 5.92. The minimum atomic E-state index is -1.92. The molecule has 7 nitrogen and oxygen atoms in total. The molecule has 7 heteroatoms. The summed E-state index contributed by atoms with van der Waals surface area (Å²) in [6.07, 6.45) is 2.86. The number of primary amides is 1. The second-order valence-electron chi connectivity index (χ2n) is 5.79. The molecule has 0 saturated heterocycles. The van der Waals surface area contributed by atoms with Crippen molar-refractivity contribution in [2.24, 2.45) is 5.73 Å². The number of imidazole rings is 1. The predicted octanol–water partition coefficient (Wildman–Crippen LogP) is 1.06. The second kappa shape index (κ2) is 7.20. The van der Waals surface area contributed by atoms with Crippen molar-refractivity contribution in [2.75, 3.05) is 0 Å². The highest BCUT2D eigenvalue weighted by atomic mass is 16.3. The number of aromatic nitrogens is 2. The van der Waals surface area contributed by atoms with Crippen LogP contribution in [0.4, 0.5) is 0 Å². The van der Waals surface area contributed by atoms with Crippen molar-refractivity contribution in [1.82, 2.24) is 15.3 Å². The topological polar surface area (TPSA) is 121 Å². The monoisotopic (exact) mass is 350 g/mol. The zero-order valence-electron chi connectivity index (χ0n) is 13.8. The molecule has 1 heterocycles. The molecule has 1 unspecified atom stereocenters. The van der Waals surface area contributed by atoms with Crippen molar-refractivity contribution in [1.29, 1.82) is 0 Å². The lowest BCUT2D eigenvalue weighted by Crippen LogP contribution is -2.42. The lowest BCUT2D eigenvalue weighted by Gasteiger charge is -2.26. The summed E-state index contributed by atoms with van der Waals surface area (Å²) in [5.74, 6) is -1.13. The van der Waals surface area contributed by atoms with Gasteiger partial charge in [0, 0.05) is 6.54 Å². The molecule has 3 rings (SSSR count). The molecule has 0 radical (unpaired) electrons. The number of H-pyrrole nitrogens is 1. The zero-order chi connectivity index (χ0) is 18.6. The number of nitrogens with two attached hydrogens (primary N) is 1. The Kier molecular flexibility index (Phi) is 4.81. The third-order valence-electron chi connectivity index (χ3n) is 4.12. The molecule has 0 saturated carbocycles. The van der Waals surface area contributed by atoms with E-state index in [9.17, 15) is 14.7 Å². The van der Waals surface area contributed by atoms with Crippen molar-refractivity contribution in [3.8, 4) is 0 Å². The first-order valence-corrected chi connectivity index (χ1v) is 7.95. The van der Waals surface area contributed by atoms with Gasteiger partial charge in [-0.05, 0) is 16.7 Å². The SMILES string of the molecule is NC(=O)C(O)(c1ccccc1)c1ccc(CNC(=O)c2cnc[nH]2)cc1. The van der Waals surface area contributed by atoms with E-state index < -0.39 is 11.5 Å². The first-order chi connectivity index (χ1) is 12.5. The van der Waals surface area contributed by atoms with Crippen LogP contribution in [-0.2, 0) is 16.9 Å². The fourth-order valence-electron chi connectivity index (χ4n) is 2.65. The van der Waals surface area contributed by atoms with E-state index in [2.05, 4.69) is 15.3 Å². The van der Waals surface area contributed by atoms with Gasteiger partial charge in [-0.3, -0.25) is 9.59 Å². The van der Waals surface area contributed by atoms with Crippen LogP contribution in [0.1, 0.15) is 27.2 Å². The van der Waals surface area contributed by atoms with Crippen molar-refractivity contribution in [3.63, 3.8) is 0 Å². The lowest BCUT2D eigenvalue weighted by atomic mass is 9.85. The number of benzene rings is 2. The van der Waals surface area contributed by atoms with Crippen molar-refractivity contribution < 1.29 is 14.7 Å². The number of nitrogens with one attached hydrogen (secondary N) is 2. The second-order valence-corrected chi connectivity index (χ2v) is 5.79. The van der Waals surface area contributed by atoms with Gasteiger partial charge < -0.3 is 21.1 Å². The summed E-state index contributed by atoms with van der Waals surface area (Å²) >= 11 is 0. The molecule has 2 amide bonds. The number of carbonyl (C=O) groups excluding carboxylic acids is 2. The number of aromatic amines is 1. The minimum absolute atomic E-state index is 0.274. The zero-order valence-corrected chi connectivity index (χ0v) is 13.8. The van der Waals surface area contributed by atoms with Gasteiger partial charge in [-0.1, -0.05) is 54.6 Å². The van der Waals surface area contributed by atoms with Gasteiger partial charge in [0.1, 0.15) is 5.69 Å². The molecule has 0 spiro atoms. The van der Waals surface area contributed by atoms with E-state index in [1.165, 1.54) is 12.5 Å². The smallest absolute Gasteiger partial charge is 0.269 e. The average Bonchev–Trinajstić information content (AvgIpc) is 3.21. The largest absolute Gasteiger partial charge is 0.372 e. The van der Waals surface area contributed by atoms with E-state index in [0.29, 0.717) is 23.4 Å². The van der Waals surface area contributed by atoms with E-state index in [1.807, 2.05) is 0 Å². The van der Waals surface area contributed by atoms with Crippen LogP contribution in [0.15, 0.2) is 67.1 Å². The Balaban J connectivity index is 1.77. The van der Waals surface area contributed by atoms with Crippen LogP contribution in [0, 0.1) is 0 Å². The summed E-state index contributed by atoms with van der Waals surface area (Å²) in [7, 11) is 0. The van der Waals surface area contributed by atoms with E-state index >= 15 is 0 Å². The molecule has 0 aliphatic heterocycles. The first-order valence-electron chi connectivity index (χ1n) is 7.95. The number of amides is 2. The molecule has 26 heavy (non-hydrogen) atoms. The summed E-state index contributed by atoms with van der Waals surface area (Å²) in [5.41, 5.74) is 5.49. The molecule has 5 N–H and O–H groups in total. The molecule has 0 aliphatic carbocycles. The Bertz CT molecular complexity index is 892. The quantitative estimate of drug-likeness (QED) is 0.531. The van der Waals surface area contributed by atoms with Gasteiger partial charge in [-0.15, -0.1) is 0 Å². The number of carbonyl (C=O) groups is 2. The molecule has 132 valence electrons. The Morgan fingerprint density at radius 2 is 1.73 bits per heavy atom. The van der Waals surface area contributed by atoms with Crippen LogP contribution in [-0.4, -0.2) is 26.9 Å². The van der Waals surface area contributed by atoms with Crippen LogP contribution in [0.2, 0.25) is 0 Å². The Morgan fingerprint density at radius 3 is 2.31 bits per heavy atom. The van der Waals surface area contributed by atoms with E-state index in [0.717, 1.165) is 5.56 Å². The summed E-state index contributed by atoms with van der Waals surface area (Å²) in [6, 6.07) is 15.2. The highest BCUT2D eigenvalue weighted by Gasteiger charge is 2.37.